The van der Waals surface area contributed by atoms with E-state index in [2.05, 4.69) is 16.2 Å². The number of pyridine rings is 1. The van der Waals surface area contributed by atoms with E-state index < -0.39 is 17.9 Å². The van der Waals surface area contributed by atoms with E-state index in [1.165, 1.54) is 0 Å². The van der Waals surface area contributed by atoms with E-state index in [1.807, 2.05) is 18.2 Å². The molecule has 1 atom stereocenters. The van der Waals surface area contributed by atoms with Gasteiger partial charge in [0.05, 0.1) is 5.52 Å². The Kier molecular flexibility index (Phi) is 5.10. The van der Waals surface area contributed by atoms with Crippen LogP contribution in [0.5, 0.6) is 0 Å². The monoisotopic (exact) mass is 296 g/mol. The van der Waals surface area contributed by atoms with Crippen molar-refractivity contribution in [3.05, 3.63) is 42.1 Å². The number of unbranched alkanes of at least 4 members (excludes halogenated alkanes) is 1. The number of fused-ring (bicyclic) bond motifs is 1. The number of rotatable bonds is 6. The number of para-hydroxylation sites is 1. The largest absolute Gasteiger partial charge is 0.480 e. The van der Waals surface area contributed by atoms with Crippen molar-refractivity contribution in [1.82, 2.24) is 10.3 Å². The van der Waals surface area contributed by atoms with Crippen molar-refractivity contribution in [3.8, 4) is 12.3 Å². The third-order valence-electron chi connectivity index (χ3n) is 3.25. The summed E-state index contributed by atoms with van der Waals surface area (Å²) in [6, 6.07) is 9.81. The molecule has 22 heavy (non-hydrogen) atoms. The van der Waals surface area contributed by atoms with E-state index in [1.54, 1.807) is 18.2 Å². The molecule has 2 N–H and O–H groups in total. The van der Waals surface area contributed by atoms with Gasteiger partial charge in [0.1, 0.15) is 11.7 Å². The lowest BCUT2D eigenvalue weighted by Crippen LogP contribution is -2.41. The van der Waals surface area contributed by atoms with Crippen LogP contribution >= 0.6 is 0 Å². The molecule has 0 bridgehead atoms. The van der Waals surface area contributed by atoms with E-state index in [0.717, 1.165) is 5.39 Å². The number of carbonyl (C=O) groups is 2. The molecule has 1 heterocycles. The highest BCUT2D eigenvalue weighted by Gasteiger charge is 2.20. The third kappa shape index (κ3) is 3.83. The van der Waals surface area contributed by atoms with Crippen molar-refractivity contribution in [1.29, 1.82) is 0 Å². The minimum absolute atomic E-state index is 0.196. The number of aromatic nitrogens is 1. The first-order valence-corrected chi connectivity index (χ1v) is 6.94. The maximum Gasteiger partial charge on any atom is 0.326 e. The first kappa shape index (κ1) is 15.5. The van der Waals surface area contributed by atoms with Crippen LogP contribution in [0, 0.1) is 12.3 Å². The van der Waals surface area contributed by atoms with Crippen molar-refractivity contribution in [2.75, 3.05) is 0 Å². The third-order valence-corrected chi connectivity index (χ3v) is 3.25. The Labute approximate surface area is 128 Å². The molecule has 112 valence electrons. The molecule has 0 fully saturated rings. The molecule has 2 rings (SSSR count). The Morgan fingerprint density at radius 1 is 1.27 bits per heavy atom. The number of benzene rings is 1. The van der Waals surface area contributed by atoms with Gasteiger partial charge in [0.15, 0.2) is 0 Å². The second kappa shape index (κ2) is 7.23. The second-order valence-electron chi connectivity index (χ2n) is 4.85. The highest BCUT2D eigenvalue weighted by atomic mass is 16.4. The summed E-state index contributed by atoms with van der Waals surface area (Å²) < 4.78 is 0. The number of terminal acetylenes is 1. The Balaban J connectivity index is 2.11. The fourth-order valence-electron chi connectivity index (χ4n) is 2.09. The van der Waals surface area contributed by atoms with Crippen molar-refractivity contribution >= 4 is 22.8 Å². The molecule has 0 saturated heterocycles. The summed E-state index contributed by atoms with van der Waals surface area (Å²) in [6.07, 6.45) is 6.45. The molecular formula is C17H16N2O3. The summed E-state index contributed by atoms with van der Waals surface area (Å²) >= 11 is 0. The van der Waals surface area contributed by atoms with E-state index in [0.29, 0.717) is 24.8 Å². The number of hydrogen-bond donors (Lipinski definition) is 2. The average Bonchev–Trinajstić information content (AvgIpc) is 2.53. The van der Waals surface area contributed by atoms with Crippen molar-refractivity contribution in [3.63, 3.8) is 0 Å². The van der Waals surface area contributed by atoms with Crippen LogP contribution < -0.4 is 5.32 Å². The Hall–Kier alpha value is -2.87. The molecule has 5 nitrogen and oxygen atoms in total. The first-order valence-electron chi connectivity index (χ1n) is 6.94. The Bertz CT molecular complexity index is 734. The van der Waals surface area contributed by atoms with Crippen LogP contribution in [0.1, 0.15) is 29.8 Å². The predicted octanol–water partition coefficient (Wildman–Crippen LogP) is 2.22. The van der Waals surface area contributed by atoms with Crippen LogP contribution in [0.15, 0.2) is 36.4 Å². The summed E-state index contributed by atoms with van der Waals surface area (Å²) in [5.41, 5.74) is 0.885. The lowest BCUT2D eigenvalue weighted by atomic mass is 10.1. The molecule has 0 radical (unpaired) electrons. The maximum absolute atomic E-state index is 12.2. The van der Waals surface area contributed by atoms with Gasteiger partial charge in [-0.15, -0.1) is 12.3 Å². The summed E-state index contributed by atoms with van der Waals surface area (Å²) in [5.74, 6) is 0.870. The molecule has 0 aliphatic heterocycles. The highest BCUT2D eigenvalue weighted by molar-refractivity contribution is 5.96. The molecule has 1 aromatic carbocycles. The van der Waals surface area contributed by atoms with Gasteiger partial charge >= 0.3 is 5.97 Å². The van der Waals surface area contributed by atoms with Gasteiger partial charge in [0.2, 0.25) is 0 Å². The van der Waals surface area contributed by atoms with Crippen LogP contribution in [0.2, 0.25) is 0 Å². The van der Waals surface area contributed by atoms with Gasteiger partial charge in [-0.1, -0.05) is 24.3 Å². The lowest BCUT2D eigenvalue weighted by Gasteiger charge is -2.13. The number of aliphatic carboxylic acids is 1. The van der Waals surface area contributed by atoms with Crippen LogP contribution in [0.25, 0.3) is 10.9 Å². The number of carboxylic acid groups (broad SMARTS) is 1. The zero-order valence-electron chi connectivity index (χ0n) is 12.0. The smallest absolute Gasteiger partial charge is 0.326 e. The van der Waals surface area contributed by atoms with Crippen LogP contribution in [0.4, 0.5) is 0 Å². The Morgan fingerprint density at radius 2 is 2.05 bits per heavy atom. The molecule has 1 aromatic heterocycles. The van der Waals surface area contributed by atoms with Crippen LogP contribution in [0.3, 0.4) is 0 Å². The van der Waals surface area contributed by atoms with Gasteiger partial charge in [-0.3, -0.25) is 4.79 Å². The first-order chi connectivity index (χ1) is 10.6. The molecular weight excluding hydrogens is 280 g/mol. The van der Waals surface area contributed by atoms with E-state index in [4.69, 9.17) is 11.5 Å². The zero-order chi connectivity index (χ0) is 15.9. The summed E-state index contributed by atoms with van der Waals surface area (Å²) in [6.45, 7) is 0. The van der Waals surface area contributed by atoms with Crippen molar-refractivity contribution in [2.24, 2.45) is 0 Å². The lowest BCUT2D eigenvalue weighted by molar-refractivity contribution is -0.139. The summed E-state index contributed by atoms with van der Waals surface area (Å²) in [7, 11) is 0. The van der Waals surface area contributed by atoms with Gasteiger partial charge in [-0.05, 0) is 25.0 Å². The van der Waals surface area contributed by atoms with Gasteiger partial charge in [0.25, 0.3) is 5.91 Å². The molecule has 0 aliphatic rings. The average molecular weight is 296 g/mol. The Morgan fingerprint density at radius 3 is 2.77 bits per heavy atom. The van der Waals surface area contributed by atoms with Crippen LogP contribution in [-0.2, 0) is 4.79 Å². The van der Waals surface area contributed by atoms with Crippen molar-refractivity contribution < 1.29 is 14.7 Å². The van der Waals surface area contributed by atoms with Crippen molar-refractivity contribution in [2.45, 2.75) is 25.3 Å². The van der Waals surface area contributed by atoms with Gasteiger partial charge in [-0.25, -0.2) is 9.78 Å². The standard InChI is InChI=1S/C17H16N2O3/c1-2-3-4-9-15(17(21)22)19-16(20)14-11-10-12-7-5-6-8-13(12)18-14/h1,5-8,10-11,15H,3-4,9H2,(H,19,20)(H,21,22)/t15-/m0/s1. The normalized spacial score (nSPS) is 11.6. The van der Waals surface area contributed by atoms with Crippen LogP contribution in [-0.4, -0.2) is 28.0 Å². The minimum atomic E-state index is -1.08. The molecule has 2 aromatic rings. The number of carboxylic acids is 1. The minimum Gasteiger partial charge on any atom is -0.480 e. The second-order valence-corrected chi connectivity index (χ2v) is 4.85. The van der Waals surface area contributed by atoms with E-state index >= 15 is 0 Å². The highest BCUT2D eigenvalue weighted by Crippen LogP contribution is 2.12. The zero-order valence-corrected chi connectivity index (χ0v) is 12.0. The SMILES string of the molecule is C#CCCC[C@H](NC(=O)c1ccc2ccccc2n1)C(=O)O. The molecule has 0 saturated carbocycles. The molecule has 0 aliphatic carbocycles. The quantitative estimate of drug-likeness (QED) is 0.633. The number of nitrogens with one attached hydrogen (secondary N) is 1. The number of hydrogen-bond acceptors (Lipinski definition) is 3. The number of carbonyl (C=O) groups excluding carboxylic acids is 1. The number of nitrogens with zero attached hydrogens (tertiary/aromatic N) is 1. The van der Waals surface area contributed by atoms with E-state index in [-0.39, 0.29) is 5.69 Å². The van der Waals surface area contributed by atoms with Gasteiger partial charge < -0.3 is 10.4 Å². The van der Waals surface area contributed by atoms with Gasteiger partial charge in [-0.2, -0.15) is 0 Å². The molecule has 5 heteroatoms. The molecule has 0 spiro atoms. The molecule has 0 unspecified atom stereocenters. The fraction of sp³-hybridized carbons (Fsp3) is 0.235. The summed E-state index contributed by atoms with van der Waals surface area (Å²) in [5, 5.41) is 12.6. The fourth-order valence-corrected chi connectivity index (χ4v) is 2.09. The predicted molar refractivity (Wildman–Crippen MR) is 83.3 cm³/mol. The van der Waals surface area contributed by atoms with Gasteiger partial charge in [0, 0.05) is 11.8 Å². The number of amides is 1. The topological polar surface area (TPSA) is 79.3 Å². The van der Waals surface area contributed by atoms with E-state index in [9.17, 15) is 9.59 Å². The maximum atomic E-state index is 12.2. The summed E-state index contributed by atoms with van der Waals surface area (Å²) in [4.78, 5) is 27.6. The molecule has 1 amide bonds.